The average molecular weight is 285 g/mol. The maximum atomic E-state index is 4.15. The molecule has 2 rings (SSSR count). The van der Waals surface area contributed by atoms with Crippen LogP contribution in [0.25, 0.3) is 10.9 Å². The largest absolute Gasteiger partial charge is 0.361 e. The summed E-state index contributed by atoms with van der Waals surface area (Å²) in [5.41, 5.74) is 3.78. The number of nitrogens with zero attached hydrogens (tertiary/aromatic N) is 4. The molecule has 0 spiro atoms. The molecule has 0 aliphatic carbocycles. The molecule has 112 valence electrons. The molecule has 5 nitrogen and oxygen atoms in total. The van der Waals surface area contributed by atoms with E-state index in [1.165, 1.54) is 28.4 Å². The molecule has 0 bridgehead atoms. The summed E-state index contributed by atoms with van der Waals surface area (Å²) in [6.45, 7) is 5.18. The minimum Gasteiger partial charge on any atom is -0.361 e. The van der Waals surface area contributed by atoms with Crippen molar-refractivity contribution in [3.05, 3.63) is 35.5 Å². The number of likely N-dealkylation sites (N-methyl/N-ethyl adjacent to an activating group) is 1. The molecule has 0 aliphatic heterocycles. The van der Waals surface area contributed by atoms with Crippen molar-refractivity contribution in [3.63, 3.8) is 0 Å². The van der Waals surface area contributed by atoms with Gasteiger partial charge in [0.05, 0.1) is 6.54 Å². The summed E-state index contributed by atoms with van der Waals surface area (Å²) in [4.78, 5) is 9.16. The number of hydrazone groups is 1. The predicted molar refractivity (Wildman–Crippen MR) is 90.1 cm³/mol. The van der Waals surface area contributed by atoms with Crippen LogP contribution < -0.4 is 0 Å². The van der Waals surface area contributed by atoms with Gasteiger partial charge in [0.1, 0.15) is 6.34 Å². The van der Waals surface area contributed by atoms with E-state index < -0.39 is 0 Å². The molecular weight excluding hydrogens is 262 g/mol. The first kappa shape index (κ1) is 15.3. The number of aromatic nitrogens is 1. The first-order valence-corrected chi connectivity index (χ1v) is 7.03. The second kappa shape index (κ2) is 7.04. The number of hydrogen-bond acceptors (Lipinski definition) is 3. The minimum atomic E-state index is 0.750. The van der Waals surface area contributed by atoms with Gasteiger partial charge >= 0.3 is 0 Å². The Kier molecular flexibility index (Phi) is 5.11. The van der Waals surface area contributed by atoms with Gasteiger partial charge in [-0.1, -0.05) is 6.07 Å². The SMILES string of the molecule is C=N/C=N\N(C)Cc1ccc2[nH]cc(CCN(C)C)c2c1. The number of fused-ring (bicyclic) bond motifs is 1. The van der Waals surface area contributed by atoms with Gasteiger partial charge in [0.15, 0.2) is 0 Å². The number of hydrogen-bond donors (Lipinski definition) is 1. The molecule has 0 saturated carbocycles. The molecule has 1 aromatic carbocycles. The van der Waals surface area contributed by atoms with Crippen LogP contribution in [-0.4, -0.2) is 55.6 Å². The van der Waals surface area contributed by atoms with E-state index >= 15 is 0 Å². The van der Waals surface area contributed by atoms with Crippen molar-refractivity contribution in [3.8, 4) is 0 Å². The number of rotatable bonds is 7. The fourth-order valence-corrected chi connectivity index (χ4v) is 2.30. The molecule has 0 radical (unpaired) electrons. The lowest BCUT2D eigenvalue weighted by atomic mass is 10.1. The topological polar surface area (TPSA) is 47.0 Å². The highest BCUT2D eigenvalue weighted by molar-refractivity contribution is 5.83. The lowest BCUT2D eigenvalue weighted by Gasteiger charge is -2.12. The summed E-state index contributed by atoms with van der Waals surface area (Å²) < 4.78 is 0. The van der Waals surface area contributed by atoms with Crippen LogP contribution in [-0.2, 0) is 13.0 Å². The molecule has 1 aromatic heterocycles. The second-order valence-electron chi connectivity index (χ2n) is 5.48. The Hall–Kier alpha value is -2.14. The van der Waals surface area contributed by atoms with Gasteiger partial charge in [-0.25, -0.2) is 0 Å². The van der Waals surface area contributed by atoms with Gasteiger partial charge in [-0.3, -0.25) is 10.0 Å². The van der Waals surface area contributed by atoms with E-state index in [9.17, 15) is 0 Å². The average Bonchev–Trinajstić information content (AvgIpc) is 2.85. The monoisotopic (exact) mass is 285 g/mol. The first-order chi connectivity index (χ1) is 10.1. The van der Waals surface area contributed by atoms with Gasteiger partial charge in [-0.15, -0.1) is 0 Å². The number of aromatic amines is 1. The van der Waals surface area contributed by atoms with Crippen LogP contribution in [0.2, 0.25) is 0 Å². The first-order valence-electron chi connectivity index (χ1n) is 7.03. The third kappa shape index (κ3) is 4.16. The van der Waals surface area contributed by atoms with Gasteiger partial charge in [0.25, 0.3) is 0 Å². The normalized spacial score (nSPS) is 11.6. The van der Waals surface area contributed by atoms with Crippen molar-refractivity contribution in [2.45, 2.75) is 13.0 Å². The van der Waals surface area contributed by atoms with Crippen LogP contribution in [0.3, 0.4) is 0 Å². The van der Waals surface area contributed by atoms with E-state index in [1.54, 1.807) is 0 Å². The Morgan fingerprint density at radius 3 is 2.81 bits per heavy atom. The highest BCUT2D eigenvalue weighted by Crippen LogP contribution is 2.21. The third-order valence-electron chi connectivity index (χ3n) is 3.40. The van der Waals surface area contributed by atoms with Crippen molar-refractivity contribution >= 4 is 24.0 Å². The highest BCUT2D eigenvalue weighted by atomic mass is 15.4. The zero-order valence-electron chi connectivity index (χ0n) is 13.0. The summed E-state index contributed by atoms with van der Waals surface area (Å²) >= 11 is 0. The minimum absolute atomic E-state index is 0.750. The summed E-state index contributed by atoms with van der Waals surface area (Å²) in [5, 5.41) is 7.30. The fraction of sp³-hybridized carbons (Fsp3) is 0.375. The van der Waals surface area contributed by atoms with E-state index in [1.807, 2.05) is 12.1 Å². The molecule has 0 atom stereocenters. The Bertz CT molecular complexity index is 627. The highest BCUT2D eigenvalue weighted by Gasteiger charge is 2.06. The van der Waals surface area contributed by atoms with Crippen molar-refractivity contribution in [2.75, 3.05) is 27.7 Å². The molecule has 0 fully saturated rings. The van der Waals surface area contributed by atoms with E-state index in [0.29, 0.717) is 0 Å². The smallest absolute Gasteiger partial charge is 0.134 e. The van der Waals surface area contributed by atoms with Gasteiger partial charge in [-0.05, 0) is 50.5 Å². The van der Waals surface area contributed by atoms with Gasteiger partial charge in [0.2, 0.25) is 0 Å². The summed E-state index contributed by atoms with van der Waals surface area (Å²) in [6.07, 6.45) is 4.61. The molecule has 1 heterocycles. The standard InChI is InChI=1S/C16H23N5/c1-17-12-19-21(4)11-13-5-6-16-15(9-13)14(10-18-16)7-8-20(2)3/h5-6,9-10,12,18H,1,7-8,11H2,2-4H3/b19-12-. The molecule has 0 unspecified atom stereocenters. The van der Waals surface area contributed by atoms with Crippen molar-refractivity contribution in [1.29, 1.82) is 0 Å². The number of aliphatic imine (C=N–C) groups is 1. The van der Waals surface area contributed by atoms with E-state index in [0.717, 1.165) is 19.5 Å². The third-order valence-corrected chi connectivity index (χ3v) is 3.40. The summed E-state index contributed by atoms with van der Waals surface area (Å²) in [5.74, 6) is 0. The molecule has 21 heavy (non-hydrogen) atoms. The van der Waals surface area contributed by atoms with Crippen LogP contribution in [0.15, 0.2) is 34.5 Å². The molecule has 5 heteroatoms. The second-order valence-corrected chi connectivity index (χ2v) is 5.48. The van der Waals surface area contributed by atoms with Gasteiger partial charge < -0.3 is 9.88 Å². The van der Waals surface area contributed by atoms with Crippen molar-refractivity contribution in [2.24, 2.45) is 10.1 Å². The Balaban J connectivity index is 2.17. The zero-order chi connectivity index (χ0) is 15.2. The van der Waals surface area contributed by atoms with Crippen molar-refractivity contribution < 1.29 is 0 Å². The van der Waals surface area contributed by atoms with E-state index in [4.69, 9.17) is 0 Å². The zero-order valence-corrected chi connectivity index (χ0v) is 13.0. The lowest BCUT2D eigenvalue weighted by Crippen LogP contribution is -2.14. The van der Waals surface area contributed by atoms with E-state index in [-0.39, 0.29) is 0 Å². The molecule has 2 aromatic rings. The molecule has 1 N–H and O–H groups in total. The molecule has 0 amide bonds. The maximum absolute atomic E-state index is 4.15. The lowest BCUT2D eigenvalue weighted by molar-refractivity contribution is 0.348. The van der Waals surface area contributed by atoms with Crippen LogP contribution in [0, 0.1) is 0 Å². The Labute approximate surface area is 126 Å². The summed E-state index contributed by atoms with van der Waals surface area (Å²) in [7, 11) is 6.12. The Morgan fingerprint density at radius 1 is 1.29 bits per heavy atom. The van der Waals surface area contributed by atoms with Crippen molar-refractivity contribution in [1.82, 2.24) is 14.9 Å². The summed E-state index contributed by atoms with van der Waals surface area (Å²) in [6, 6.07) is 6.50. The number of H-pyrrole nitrogens is 1. The number of nitrogens with one attached hydrogen (secondary N) is 1. The van der Waals surface area contributed by atoms with Gasteiger partial charge in [0, 0.05) is 30.7 Å². The maximum Gasteiger partial charge on any atom is 0.134 e. The van der Waals surface area contributed by atoms with Gasteiger partial charge in [-0.2, -0.15) is 5.10 Å². The molecule has 0 saturated heterocycles. The number of benzene rings is 1. The van der Waals surface area contributed by atoms with Crippen LogP contribution in [0.5, 0.6) is 0 Å². The quantitative estimate of drug-likeness (QED) is 0.482. The molecule has 0 aliphatic rings. The van der Waals surface area contributed by atoms with Crippen LogP contribution >= 0.6 is 0 Å². The Morgan fingerprint density at radius 2 is 2.10 bits per heavy atom. The van der Waals surface area contributed by atoms with Crippen LogP contribution in [0.1, 0.15) is 11.1 Å². The molecular formula is C16H23N5. The van der Waals surface area contributed by atoms with E-state index in [2.05, 4.69) is 65.2 Å². The van der Waals surface area contributed by atoms with Crippen LogP contribution in [0.4, 0.5) is 0 Å². The fourth-order valence-electron chi connectivity index (χ4n) is 2.30. The predicted octanol–water partition coefficient (Wildman–Crippen LogP) is 2.35.